The summed E-state index contributed by atoms with van der Waals surface area (Å²) in [7, 11) is 1.49. The molecule has 7 heteroatoms. The lowest BCUT2D eigenvalue weighted by atomic mass is 9.78. The number of amides is 2. The lowest BCUT2D eigenvalue weighted by Gasteiger charge is -2.44. The molecule has 2 unspecified atom stereocenters. The van der Waals surface area contributed by atoms with Crippen LogP contribution < -0.4 is 5.32 Å². The lowest BCUT2D eigenvalue weighted by Crippen LogP contribution is -2.54. The number of fused-ring (bicyclic) bond motifs is 3. The molecule has 1 aromatic carbocycles. The Balaban J connectivity index is 1.56. The van der Waals surface area contributed by atoms with Crippen molar-refractivity contribution in [2.24, 2.45) is 11.1 Å². The number of ether oxygens (including phenoxy) is 1. The van der Waals surface area contributed by atoms with Gasteiger partial charge in [-0.1, -0.05) is 35.5 Å². The fraction of sp³-hybridized carbons (Fsp3) is 0.471. The number of hydrogen-bond donors (Lipinski definition) is 1. The standard InChI is InChI=1S/C17H21N3O4/c1-18-16(21)24-19-15-9-14-8-7-13(15)10-20(14)17(22)23-11-12-5-3-2-4-6-12/h2-6,13-14H,7-11H2,1H3,(H,18,21)/b19-15-. The highest BCUT2D eigenvalue weighted by atomic mass is 16.7. The number of carbonyl (C=O) groups is 2. The van der Waals surface area contributed by atoms with Gasteiger partial charge in [0.1, 0.15) is 6.61 Å². The molecular weight excluding hydrogens is 310 g/mol. The molecule has 2 saturated heterocycles. The van der Waals surface area contributed by atoms with Crippen molar-refractivity contribution in [2.75, 3.05) is 13.6 Å². The summed E-state index contributed by atoms with van der Waals surface area (Å²) >= 11 is 0. The van der Waals surface area contributed by atoms with Gasteiger partial charge in [0, 0.05) is 32.0 Å². The van der Waals surface area contributed by atoms with Gasteiger partial charge in [-0.3, -0.25) is 4.84 Å². The van der Waals surface area contributed by atoms with Gasteiger partial charge in [0.15, 0.2) is 0 Å². The largest absolute Gasteiger partial charge is 0.445 e. The van der Waals surface area contributed by atoms with Crippen molar-refractivity contribution in [1.82, 2.24) is 10.2 Å². The van der Waals surface area contributed by atoms with Gasteiger partial charge in [-0.15, -0.1) is 0 Å². The zero-order valence-electron chi connectivity index (χ0n) is 13.6. The molecule has 1 aliphatic carbocycles. The summed E-state index contributed by atoms with van der Waals surface area (Å²) in [6.07, 6.45) is 1.62. The van der Waals surface area contributed by atoms with E-state index >= 15 is 0 Å². The first-order valence-electron chi connectivity index (χ1n) is 8.10. The molecule has 2 aliphatic heterocycles. The van der Waals surface area contributed by atoms with Crippen LogP contribution in [0.4, 0.5) is 9.59 Å². The summed E-state index contributed by atoms with van der Waals surface area (Å²) < 4.78 is 5.42. The second-order valence-electron chi connectivity index (χ2n) is 6.04. The molecule has 7 nitrogen and oxygen atoms in total. The Kier molecular flexibility index (Phi) is 4.98. The maximum Gasteiger partial charge on any atom is 0.433 e. The predicted molar refractivity (Wildman–Crippen MR) is 87.4 cm³/mol. The van der Waals surface area contributed by atoms with Crippen molar-refractivity contribution < 1.29 is 19.2 Å². The van der Waals surface area contributed by atoms with Crippen LogP contribution in [-0.2, 0) is 16.2 Å². The van der Waals surface area contributed by atoms with Crippen LogP contribution in [0.1, 0.15) is 24.8 Å². The van der Waals surface area contributed by atoms with Crippen LogP contribution in [0.3, 0.4) is 0 Å². The van der Waals surface area contributed by atoms with E-state index in [1.807, 2.05) is 30.3 Å². The average Bonchev–Trinajstić information content (AvgIpc) is 2.65. The van der Waals surface area contributed by atoms with E-state index in [1.54, 1.807) is 4.90 Å². The Morgan fingerprint density at radius 3 is 2.75 bits per heavy atom. The first-order chi connectivity index (χ1) is 11.7. The minimum absolute atomic E-state index is 0.0605. The highest BCUT2D eigenvalue weighted by Crippen LogP contribution is 2.34. The molecule has 0 radical (unpaired) electrons. The van der Waals surface area contributed by atoms with Crippen LogP contribution in [0.2, 0.25) is 0 Å². The fourth-order valence-electron chi connectivity index (χ4n) is 3.20. The number of nitrogens with one attached hydrogen (secondary N) is 1. The third kappa shape index (κ3) is 3.67. The summed E-state index contributed by atoms with van der Waals surface area (Å²) in [5.41, 5.74) is 1.82. The van der Waals surface area contributed by atoms with E-state index < -0.39 is 6.09 Å². The minimum atomic E-state index is -0.580. The van der Waals surface area contributed by atoms with Crippen molar-refractivity contribution >= 4 is 17.9 Å². The average molecular weight is 331 g/mol. The number of carbonyl (C=O) groups excluding carboxylic acids is 2. The van der Waals surface area contributed by atoms with Crippen molar-refractivity contribution in [3.8, 4) is 0 Å². The fourth-order valence-corrected chi connectivity index (χ4v) is 3.20. The molecule has 2 atom stereocenters. The summed E-state index contributed by atoms with van der Waals surface area (Å²) in [6.45, 7) is 0.836. The highest BCUT2D eigenvalue weighted by Gasteiger charge is 2.41. The number of piperidine rings is 2. The Morgan fingerprint density at radius 1 is 1.29 bits per heavy atom. The normalized spacial score (nSPS) is 23.9. The van der Waals surface area contributed by atoms with E-state index in [2.05, 4.69) is 10.5 Å². The molecule has 3 fully saturated rings. The molecule has 1 N–H and O–H groups in total. The SMILES string of the molecule is CNC(=O)O/N=C1/CC2CCC1CN2C(=O)OCc1ccccc1. The van der Waals surface area contributed by atoms with Crippen LogP contribution in [0.25, 0.3) is 0 Å². The quantitative estimate of drug-likeness (QED) is 0.682. The van der Waals surface area contributed by atoms with Gasteiger partial charge >= 0.3 is 12.2 Å². The summed E-state index contributed by atoms with van der Waals surface area (Å²) in [6, 6.07) is 9.68. The first-order valence-corrected chi connectivity index (χ1v) is 8.10. The molecule has 3 aliphatic rings. The first kappa shape index (κ1) is 16.3. The molecule has 1 saturated carbocycles. The van der Waals surface area contributed by atoms with E-state index in [4.69, 9.17) is 9.57 Å². The van der Waals surface area contributed by atoms with Crippen molar-refractivity contribution in [3.05, 3.63) is 35.9 Å². The molecule has 2 amide bonds. The molecule has 128 valence electrons. The summed E-state index contributed by atoms with van der Waals surface area (Å²) in [5, 5.41) is 6.30. The van der Waals surface area contributed by atoms with Gasteiger partial charge in [-0.2, -0.15) is 0 Å². The maximum atomic E-state index is 12.3. The third-order valence-electron chi connectivity index (χ3n) is 4.51. The second kappa shape index (κ2) is 7.33. The van der Waals surface area contributed by atoms with E-state index in [0.29, 0.717) is 13.0 Å². The Morgan fingerprint density at radius 2 is 2.08 bits per heavy atom. The number of nitrogens with zero attached hydrogens (tertiary/aromatic N) is 2. The minimum Gasteiger partial charge on any atom is -0.445 e. The zero-order chi connectivity index (χ0) is 16.9. The molecular formula is C17H21N3O4. The number of hydrogen-bond acceptors (Lipinski definition) is 5. The highest BCUT2D eigenvalue weighted by molar-refractivity contribution is 5.90. The van der Waals surface area contributed by atoms with Gasteiger partial charge in [0.05, 0.1) is 5.71 Å². The Bertz CT molecular complexity index is 632. The Labute approximate surface area is 140 Å². The van der Waals surface area contributed by atoms with Crippen LogP contribution in [0, 0.1) is 5.92 Å². The summed E-state index contributed by atoms with van der Waals surface area (Å²) in [4.78, 5) is 30.0. The zero-order valence-corrected chi connectivity index (χ0v) is 13.6. The molecule has 1 aromatic rings. The maximum absolute atomic E-state index is 12.3. The molecule has 0 spiro atoms. The smallest absolute Gasteiger partial charge is 0.433 e. The van der Waals surface area contributed by atoms with E-state index in [-0.39, 0.29) is 24.7 Å². The second-order valence-corrected chi connectivity index (χ2v) is 6.04. The van der Waals surface area contributed by atoms with E-state index in [9.17, 15) is 9.59 Å². The molecule has 0 aromatic heterocycles. The summed E-state index contributed by atoms with van der Waals surface area (Å²) in [5.74, 6) is 0.129. The van der Waals surface area contributed by atoms with Crippen LogP contribution >= 0.6 is 0 Å². The van der Waals surface area contributed by atoms with E-state index in [1.165, 1.54) is 7.05 Å². The number of benzene rings is 1. The lowest BCUT2D eigenvalue weighted by molar-refractivity contribution is 0.0539. The molecule has 4 rings (SSSR count). The van der Waals surface area contributed by atoms with E-state index in [0.717, 1.165) is 24.1 Å². The van der Waals surface area contributed by atoms with Gasteiger partial charge in [-0.25, -0.2) is 9.59 Å². The van der Waals surface area contributed by atoms with Crippen molar-refractivity contribution in [1.29, 1.82) is 0 Å². The number of oxime groups is 1. The topological polar surface area (TPSA) is 80.2 Å². The Hall–Kier alpha value is -2.57. The van der Waals surface area contributed by atoms with Crippen molar-refractivity contribution in [2.45, 2.75) is 31.9 Å². The van der Waals surface area contributed by atoms with Crippen LogP contribution in [0.5, 0.6) is 0 Å². The van der Waals surface area contributed by atoms with Gasteiger partial charge in [0.2, 0.25) is 0 Å². The molecule has 2 heterocycles. The monoisotopic (exact) mass is 331 g/mol. The number of rotatable bonds is 3. The van der Waals surface area contributed by atoms with Gasteiger partial charge in [0.25, 0.3) is 0 Å². The van der Waals surface area contributed by atoms with Crippen LogP contribution in [0.15, 0.2) is 35.5 Å². The van der Waals surface area contributed by atoms with Gasteiger partial charge in [-0.05, 0) is 18.4 Å². The molecule has 24 heavy (non-hydrogen) atoms. The molecule has 2 bridgehead atoms. The third-order valence-corrected chi connectivity index (χ3v) is 4.51. The van der Waals surface area contributed by atoms with Gasteiger partial charge < -0.3 is 15.0 Å². The van der Waals surface area contributed by atoms with Crippen molar-refractivity contribution in [3.63, 3.8) is 0 Å². The van der Waals surface area contributed by atoms with Crippen LogP contribution in [-0.4, -0.2) is 42.4 Å². The predicted octanol–water partition coefficient (Wildman–Crippen LogP) is 2.52.